The fourth-order valence-corrected chi connectivity index (χ4v) is 6.31. The van der Waals surface area contributed by atoms with Crippen LogP contribution in [0, 0.1) is 0 Å². The van der Waals surface area contributed by atoms with Crippen molar-refractivity contribution in [2.24, 2.45) is 0 Å². The summed E-state index contributed by atoms with van der Waals surface area (Å²) in [6.45, 7) is 3.22. The van der Waals surface area contributed by atoms with Crippen LogP contribution in [0.4, 0.5) is 4.79 Å². The van der Waals surface area contributed by atoms with Crippen molar-refractivity contribution in [1.82, 2.24) is 31.3 Å². The predicted octanol–water partition coefficient (Wildman–Crippen LogP) is 1.27. The Morgan fingerprint density at radius 1 is 1.11 bits per heavy atom. The van der Waals surface area contributed by atoms with E-state index in [0.717, 1.165) is 35.2 Å². The second-order valence-electron chi connectivity index (χ2n) is 9.43. The second kappa shape index (κ2) is 14.4. The first-order chi connectivity index (χ1) is 18.5. The zero-order valence-corrected chi connectivity index (χ0v) is 22.6. The standard InChI is InChI=1S/C26H38N6O5S/c1-27-37-16-19-14-18-6-2-3-7-21(18)32(19)11-8-23(33)28-9-4-12-36-13-5-10-29-24(34)15-22-25-20(17-38-22)30-26(35)31-25/h2-3,6-7,14,20,22,25,27H,4-5,8-13,15-17H2,1H3,(H,28,33)(H,29,34)(H2,30,31,35)/t20-,22-,25-/m0/s1. The molecule has 2 aromatic rings. The van der Waals surface area contributed by atoms with Crippen LogP contribution >= 0.6 is 11.8 Å². The monoisotopic (exact) mass is 546 g/mol. The number of carbonyl (C=O) groups excluding carboxylic acids is 3. The number of fused-ring (bicyclic) bond motifs is 2. The number of nitrogens with zero attached hydrogens (tertiary/aromatic N) is 1. The number of aromatic nitrogens is 1. The highest BCUT2D eigenvalue weighted by Crippen LogP contribution is 2.31. The van der Waals surface area contributed by atoms with Crippen molar-refractivity contribution in [3.8, 4) is 0 Å². The first-order valence-corrected chi connectivity index (χ1v) is 14.3. The van der Waals surface area contributed by atoms with Crippen molar-refractivity contribution >= 4 is 40.5 Å². The predicted molar refractivity (Wildman–Crippen MR) is 147 cm³/mol. The summed E-state index contributed by atoms with van der Waals surface area (Å²) in [5, 5.41) is 12.9. The molecule has 12 heteroatoms. The highest BCUT2D eigenvalue weighted by molar-refractivity contribution is 8.00. The Labute approximate surface area is 227 Å². The van der Waals surface area contributed by atoms with Crippen LogP contribution in [0.15, 0.2) is 30.3 Å². The van der Waals surface area contributed by atoms with Gasteiger partial charge in [0.05, 0.1) is 12.1 Å². The summed E-state index contributed by atoms with van der Waals surface area (Å²) in [6, 6.07) is 10.2. The number of amides is 4. The van der Waals surface area contributed by atoms with Crippen molar-refractivity contribution in [3.05, 3.63) is 36.0 Å². The Balaban J connectivity index is 1.02. The van der Waals surface area contributed by atoms with Gasteiger partial charge in [-0.15, -0.1) is 0 Å². The normalized spacial score (nSPS) is 20.2. The van der Waals surface area contributed by atoms with Gasteiger partial charge in [-0.1, -0.05) is 18.2 Å². The number of rotatable bonds is 16. The highest BCUT2D eigenvalue weighted by Gasteiger charge is 2.43. The van der Waals surface area contributed by atoms with E-state index in [4.69, 9.17) is 9.57 Å². The Kier molecular flexibility index (Phi) is 10.7. The van der Waals surface area contributed by atoms with Gasteiger partial charge in [-0.25, -0.2) is 10.3 Å². The van der Waals surface area contributed by atoms with Gasteiger partial charge in [0.1, 0.15) is 6.61 Å². The minimum atomic E-state index is -0.141. The van der Waals surface area contributed by atoms with Gasteiger partial charge < -0.3 is 30.6 Å². The molecule has 0 spiro atoms. The summed E-state index contributed by atoms with van der Waals surface area (Å²) in [5.74, 6) is 0.847. The summed E-state index contributed by atoms with van der Waals surface area (Å²) in [7, 11) is 1.73. The number of nitrogens with one attached hydrogen (secondary N) is 5. The van der Waals surface area contributed by atoms with Gasteiger partial charge in [0, 0.05) is 75.0 Å². The van der Waals surface area contributed by atoms with Crippen LogP contribution in [-0.4, -0.2) is 78.8 Å². The van der Waals surface area contributed by atoms with Gasteiger partial charge >= 0.3 is 6.03 Å². The van der Waals surface area contributed by atoms with E-state index in [0.29, 0.717) is 52.3 Å². The third-order valence-electron chi connectivity index (χ3n) is 6.72. The van der Waals surface area contributed by atoms with Gasteiger partial charge in [-0.2, -0.15) is 11.8 Å². The van der Waals surface area contributed by atoms with E-state index in [2.05, 4.69) is 49.5 Å². The fourth-order valence-electron chi connectivity index (χ4n) is 4.83. The lowest BCUT2D eigenvalue weighted by atomic mass is 10.1. The van der Waals surface area contributed by atoms with E-state index < -0.39 is 0 Å². The number of hydroxylamine groups is 1. The van der Waals surface area contributed by atoms with Crippen LogP contribution in [-0.2, 0) is 32.3 Å². The Morgan fingerprint density at radius 3 is 2.66 bits per heavy atom. The van der Waals surface area contributed by atoms with Crippen molar-refractivity contribution in [1.29, 1.82) is 0 Å². The summed E-state index contributed by atoms with van der Waals surface area (Å²) < 4.78 is 7.76. The smallest absolute Gasteiger partial charge is 0.315 e. The first-order valence-electron chi connectivity index (χ1n) is 13.2. The Hall–Kier alpha value is -2.80. The first kappa shape index (κ1) is 28.2. The van der Waals surface area contributed by atoms with Crippen molar-refractivity contribution < 1.29 is 24.0 Å². The third-order valence-corrected chi connectivity index (χ3v) is 8.16. The molecular weight excluding hydrogens is 508 g/mol. The SMILES string of the molecule is CNOCc1cc2ccccc2n1CCC(=O)NCCCOCCCNC(=O)C[C@@H]1SC[C@@H]2NC(=O)N[C@@H]21. The minimum absolute atomic E-state index is 0.00148. The average Bonchev–Trinajstić information content (AvgIpc) is 3.57. The molecule has 4 amide bonds. The molecule has 208 valence electrons. The molecule has 4 rings (SSSR count). The molecule has 0 radical (unpaired) electrons. The molecular formula is C26H38N6O5S. The maximum absolute atomic E-state index is 12.4. The maximum Gasteiger partial charge on any atom is 0.315 e. The molecule has 1 aromatic heterocycles. The molecule has 2 aliphatic heterocycles. The second-order valence-corrected chi connectivity index (χ2v) is 10.7. The van der Waals surface area contributed by atoms with E-state index >= 15 is 0 Å². The summed E-state index contributed by atoms with van der Waals surface area (Å²) in [6.07, 6.45) is 2.24. The number of para-hydroxylation sites is 1. The summed E-state index contributed by atoms with van der Waals surface area (Å²) in [4.78, 5) is 41.4. The molecule has 1 aromatic carbocycles. The number of urea groups is 1. The number of thioether (sulfide) groups is 1. The van der Waals surface area contributed by atoms with Gasteiger partial charge in [-0.3, -0.25) is 14.4 Å². The maximum atomic E-state index is 12.4. The molecule has 0 saturated carbocycles. The van der Waals surface area contributed by atoms with Crippen LogP contribution in [0.2, 0.25) is 0 Å². The fraction of sp³-hybridized carbons (Fsp3) is 0.577. The lowest BCUT2D eigenvalue weighted by molar-refractivity contribution is -0.122. The zero-order chi connectivity index (χ0) is 26.7. The molecule has 3 heterocycles. The quantitative estimate of drug-likeness (QED) is 0.122. The average molecular weight is 547 g/mol. The molecule has 2 aliphatic rings. The molecule has 0 bridgehead atoms. The van der Waals surface area contributed by atoms with E-state index in [1.54, 1.807) is 18.8 Å². The van der Waals surface area contributed by atoms with E-state index in [1.165, 1.54) is 0 Å². The summed E-state index contributed by atoms with van der Waals surface area (Å²) in [5.41, 5.74) is 4.80. The molecule has 0 aliphatic carbocycles. The molecule has 0 unspecified atom stereocenters. The molecule has 11 nitrogen and oxygen atoms in total. The topological polar surface area (TPSA) is 135 Å². The van der Waals surface area contributed by atoms with Crippen molar-refractivity contribution in [2.45, 2.75) is 56.2 Å². The van der Waals surface area contributed by atoms with Gasteiger partial charge in [0.25, 0.3) is 0 Å². The van der Waals surface area contributed by atoms with E-state index in [-0.39, 0.29) is 35.2 Å². The number of hydrogen-bond donors (Lipinski definition) is 5. The van der Waals surface area contributed by atoms with Crippen LogP contribution in [0.25, 0.3) is 10.9 Å². The van der Waals surface area contributed by atoms with Crippen molar-refractivity contribution in [2.75, 3.05) is 39.1 Å². The molecule has 38 heavy (non-hydrogen) atoms. The number of aryl methyl sites for hydroxylation is 1. The lowest BCUT2D eigenvalue weighted by Crippen LogP contribution is -2.39. The largest absolute Gasteiger partial charge is 0.381 e. The Bertz CT molecular complexity index is 1100. The molecule has 5 N–H and O–H groups in total. The molecule has 2 fully saturated rings. The van der Waals surface area contributed by atoms with Crippen LogP contribution in [0.1, 0.15) is 31.4 Å². The van der Waals surface area contributed by atoms with Crippen molar-refractivity contribution in [3.63, 3.8) is 0 Å². The van der Waals surface area contributed by atoms with Crippen LogP contribution in [0.3, 0.4) is 0 Å². The number of carbonyl (C=O) groups is 3. The zero-order valence-electron chi connectivity index (χ0n) is 21.8. The van der Waals surface area contributed by atoms with Gasteiger partial charge in [-0.05, 0) is 30.4 Å². The van der Waals surface area contributed by atoms with Gasteiger partial charge in [0.15, 0.2) is 0 Å². The van der Waals surface area contributed by atoms with Crippen LogP contribution < -0.4 is 26.7 Å². The Morgan fingerprint density at radius 2 is 1.87 bits per heavy atom. The van der Waals surface area contributed by atoms with E-state index in [1.807, 2.05) is 12.1 Å². The number of benzene rings is 1. The highest BCUT2D eigenvalue weighted by atomic mass is 32.2. The number of hydrogen-bond acceptors (Lipinski definition) is 7. The van der Waals surface area contributed by atoms with E-state index in [9.17, 15) is 14.4 Å². The third kappa shape index (κ3) is 7.85. The summed E-state index contributed by atoms with van der Waals surface area (Å²) >= 11 is 1.73. The van der Waals surface area contributed by atoms with Gasteiger partial charge in [0.2, 0.25) is 11.8 Å². The lowest BCUT2D eigenvalue weighted by Gasteiger charge is -2.16. The number of ether oxygens (including phenoxy) is 1. The molecule has 3 atom stereocenters. The minimum Gasteiger partial charge on any atom is -0.381 e. The molecule has 2 saturated heterocycles. The van der Waals surface area contributed by atoms with Crippen LogP contribution in [0.5, 0.6) is 0 Å².